The van der Waals surface area contributed by atoms with E-state index in [1.807, 2.05) is 12.1 Å². The molecule has 0 spiro atoms. The van der Waals surface area contributed by atoms with Crippen LogP contribution in [0.5, 0.6) is 5.75 Å². The van der Waals surface area contributed by atoms with Crippen molar-refractivity contribution >= 4 is 16.7 Å². The molecule has 7 heteroatoms. The molecule has 3 aliphatic rings. The van der Waals surface area contributed by atoms with Gasteiger partial charge in [-0.05, 0) is 92.7 Å². The van der Waals surface area contributed by atoms with Gasteiger partial charge in [-0.2, -0.15) is 13.2 Å². The number of fused-ring (bicyclic) bond motifs is 3. The first-order valence-electron chi connectivity index (χ1n) is 14.0. The third kappa shape index (κ3) is 5.34. The number of ether oxygens (including phenoxy) is 1. The molecule has 2 aromatic carbocycles. The molecule has 2 aliphatic heterocycles. The van der Waals surface area contributed by atoms with Gasteiger partial charge in [-0.3, -0.25) is 9.69 Å². The molecule has 0 aromatic heterocycles. The zero-order valence-corrected chi connectivity index (χ0v) is 21.8. The molecule has 2 aromatic rings. The SMILES string of the molecule is CCC1CCC(Oc2ccc3cc([C@@H](C)N4C5CCCC4CC(C(=O)O)C5)ccc3c2C(F)(F)F)CC1. The number of hydrogen-bond acceptors (Lipinski definition) is 3. The van der Waals surface area contributed by atoms with Crippen molar-refractivity contribution in [3.05, 3.63) is 41.5 Å². The van der Waals surface area contributed by atoms with Crippen molar-refractivity contribution < 1.29 is 27.8 Å². The van der Waals surface area contributed by atoms with Gasteiger partial charge in [0.1, 0.15) is 11.3 Å². The van der Waals surface area contributed by atoms with E-state index in [0.29, 0.717) is 24.1 Å². The van der Waals surface area contributed by atoms with Crippen molar-refractivity contribution in [1.82, 2.24) is 4.90 Å². The number of aliphatic carboxylic acids is 1. The van der Waals surface area contributed by atoms with Gasteiger partial charge in [-0.1, -0.05) is 38.0 Å². The van der Waals surface area contributed by atoms with Crippen LogP contribution < -0.4 is 4.74 Å². The van der Waals surface area contributed by atoms with Gasteiger partial charge in [0.2, 0.25) is 0 Å². The lowest BCUT2D eigenvalue weighted by atomic mass is 9.77. The molecule has 1 saturated carbocycles. The van der Waals surface area contributed by atoms with E-state index in [1.54, 1.807) is 12.1 Å². The fourth-order valence-electron chi connectivity index (χ4n) is 7.24. The summed E-state index contributed by atoms with van der Waals surface area (Å²) in [6.45, 7) is 4.26. The van der Waals surface area contributed by atoms with Crippen LogP contribution in [-0.4, -0.2) is 34.2 Å². The Morgan fingerprint density at radius 3 is 2.32 bits per heavy atom. The Balaban J connectivity index is 1.42. The molecule has 3 fully saturated rings. The number of halogens is 3. The monoisotopic (exact) mass is 517 g/mol. The van der Waals surface area contributed by atoms with Crippen LogP contribution in [0.2, 0.25) is 0 Å². The Morgan fingerprint density at radius 1 is 1.05 bits per heavy atom. The van der Waals surface area contributed by atoms with Gasteiger partial charge in [0.15, 0.2) is 0 Å². The topological polar surface area (TPSA) is 49.8 Å². The fourth-order valence-corrected chi connectivity index (χ4v) is 7.24. The Hall–Kier alpha value is -2.28. The lowest BCUT2D eigenvalue weighted by molar-refractivity contribution is -0.147. The van der Waals surface area contributed by atoms with Crippen LogP contribution in [0.4, 0.5) is 13.2 Å². The van der Waals surface area contributed by atoms with E-state index in [9.17, 15) is 23.1 Å². The van der Waals surface area contributed by atoms with Crippen LogP contribution in [0, 0.1) is 11.8 Å². The number of benzene rings is 2. The largest absolute Gasteiger partial charge is 0.490 e. The van der Waals surface area contributed by atoms with Gasteiger partial charge in [-0.15, -0.1) is 0 Å². The molecule has 2 bridgehead atoms. The number of carbonyl (C=O) groups is 1. The summed E-state index contributed by atoms with van der Waals surface area (Å²) in [5, 5.41) is 10.3. The van der Waals surface area contributed by atoms with E-state index in [1.165, 1.54) is 6.07 Å². The van der Waals surface area contributed by atoms with Crippen molar-refractivity contribution in [3.8, 4) is 5.75 Å². The molecular weight excluding hydrogens is 479 g/mol. The molecule has 2 unspecified atom stereocenters. The summed E-state index contributed by atoms with van der Waals surface area (Å²) < 4.78 is 49.0. The van der Waals surface area contributed by atoms with E-state index in [0.717, 1.165) is 56.9 Å². The molecule has 3 atom stereocenters. The highest BCUT2D eigenvalue weighted by atomic mass is 19.4. The third-order valence-electron chi connectivity index (χ3n) is 9.26. The Labute approximate surface area is 217 Å². The molecule has 2 heterocycles. The Kier molecular flexibility index (Phi) is 7.45. The number of rotatable bonds is 6. The standard InChI is InChI=1S/C30H38F3NO3/c1-3-19-7-11-25(12-8-19)37-27-14-10-21-15-20(9-13-26(21)28(27)30(31,32)33)18(2)34-23-5-4-6-24(34)17-22(16-23)29(35)36/h9-10,13-15,18-19,22-25H,3-8,11-12,16-17H2,1-2H3,(H,35,36)/t18-,19?,22?,23?,24?,25?/m1/s1. The average Bonchev–Trinajstić information content (AvgIpc) is 2.86. The highest BCUT2D eigenvalue weighted by molar-refractivity contribution is 5.89. The van der Waals surface area contributed by atoms with Crippen LogP contribution >= 0.6 is 0 Å². The maximum absolute atomic E-state index is 14.3. The van der Waals surface area contributed by atoms with Gasteiger partial charge in [0.25, 0.3) is 0 Å². The molecule has 37 heavy (non-hydrogen) atoms. The van der Waals surface area contributed by atoms with Crippen LogP contribution in [0.1, 0.15) is 95.2 Å². The van der Waals surface area contributed by atoms with Crippen molar-refractivity contribution in [2.75, 3.05) is 0 Å². The maximum atomic E-state index is 14.3. The number of piperidine rings is 2. The predicted molar refractivity (Wildman–Crippen MR) is 138 cm³/mol. The highest BCUT2D eigenvalue weighted by Crippen LogP contribution is 2.45. The quantitative estimate of drug-likeness (QED) is 0.422. The second kappa shape index (κ2) is 10.5. The minimum atomic E-state index is -4.52. The molecular formula is C30H38F3NO3. The van der Waals surface area contributed by atoms with Crippen molar-refractivity contribution in [2.45, 2.75) is 108 Å². The van der Waals surface area contributed by atoms with E-state index < -0.39 is 17.7 Å². The first kappa shape index (κ1) is 26.3. The maximum Gasteiger partial charge on any atom is 0.420 e. The molecule has 1 aliphatic carbocycles. The molecule has 2 saturated heterocycles. The number of alkyl halides is 3. The van der Waals surface area contributed by atoms with Crippen molar-refractivity contribution in [2.24, 2.45) is 11.8 Å². The summed E-state index contributed by atoms with van der Waals surface area (Å²) in [5.41, 5.74) is 0.291. The molecule has 0 amide bonds. The Bertz CT molecular complexity index is 1110. The lowest BCUT2D eigenvalue weighted by Crippen LogP contribution is -2.53. The van der Waals surface area contributed by atoms with Crippen LogP contribution in [-0.2, 0) is 11.0 Å². The summed E-state index contributed by atoms with van der Waals surface area (Å²) in [6.07, 6.45) is 4.34. The number of nitrogens with zero attached hydrogens (tertiary/aromatic N) is 1. The summed E-state index contributed by atoms with van der Waals surface area (Å²) in [6, 6.07) is 8.96. The van der Waals surface area contributed by atoms with E-state index in [-0.39, 0.29) is 41.3 Å². The smallest absolute Gasteiger partial charge is 0.420 e. The molecule has 202 valence electrons. The zero-order valence-electron chi connectivity index (χ0n) is 21.8. The number of carboxylic acid groups (broad SMARTS) is 1. The van der Waals surface area contributed by atoms with Gasteiger partial charge >= 0.3 is 12.1 Å². The lowest BCUT2D eigenvalue weighted by Gasteiger charge is -2.51. The highest BCUT2D eigenvalue weighted by Gasteiger charge is 2.43. The number of hydrogen-bond donors (Lipinski definition) is 1. The number of carboxylic acids is 1. The summed E-state index contributed by atoms with van der Waals surface area (Å²) in [7, 11) is 0. The Morgan fingerprint density at radius 2 is 1.73 bits per heavy atom. The van der Waals surface area contributed by atoms with E-state index >= 15 is 0 Å². The second-order valence-electron chi connectivity index (χ2n) is 11.5. The molecule has 0 radical (unpaired) electrons. The van der Waals surface area contributed by atoms with Crippen LogP contribution in [0.25, 0.3) is 10.8 Å². The summed E-state index contributed by atoms with van der Waals surface area (Å²) in [5.74, 6) is -0.439. The molecule has 4 nitrogen and oxygen atoms in total. The third-order valence-corrected chi connectivity index (χ3v) is 9.26. The molecule has 5 rings (SSSR count). The van der Waals surface area contributed by atoms with Gasteiger partial charge in [0, 0.05) is 18.1 Å². The average molecular weight is 518 g/mol. The van der Waals surface area contributed by atoms with Crippen molar-refractivity contribution in [1.29, 1.82) is 0 Å². The normalized spacial score (nSPS) is 29.7. The van der Waals surface area contributed by atoms with E-state index in [4.69, 9.17) is 4.74 Å². The van der Waals surface area contributed by atoms with Crippen LogP contribution in [0.3, 0.4) is 0 Å². The summed E-state index contributed by atoms with van der Waals surface area (Å²) in [4.78, 5) is 14.1. The minimum Gasteiger partial charge on any atom is -0.490 e. The van der Waals surface area contributed by atoms with Crippen molar-refractivity contribution in [3.63, 3.8) is 0 Å². The first-order valence-corrected chi connectivity index (χ1v) is 14.0. The van der Waals surface area contributed by atoms with E-state index in [2.05, 4.69) is 18.7 Å². The molecule has 1 N–H and O–H groups in total. The predicted octanol–water partition coefficient (Wildman–Crippen LogP) is 7.98. The van der Waals surface area contributed by atoms with Gasteiger partial charge in [0.05, 0.1) is 12.0 Å². The zero-order chi connectivity index (χ0) is 26.3. The van der Waals surface area contributed by atoms with Crippen LogP contribution in [0.15, 0.2) is 30.3 Å². The van der Waals surface area contributed by atoms with Gasteiger partial charge < -0.3 is 9.84 Å². The minimum absolute atomic E-state index is 0.00783. The van der Waals surface area contributed by atoms with Gasteiger partial charge in [-0.25, -0.2) is 0 Å². The second-order valence-corrected chi connectivity index (χ2v) is 11.5. The fraction of sp³-hybridized carbons (Fsp3) is 0.633. The summed E-state index contributed by atoms with van der Waals surface area (Å²) >= 11 is 0. The first-order chi connectivity index (χ1) is 17.7.